The maximum atomic E-state index is 12.3. The van der Waals surface area contributed by atoms with E-state index >= 15 is 0 Å². The molecule has 0 aliphatic rings. The first-order valence-corrected chi connectivity index (χ1v) is 7.25. The third-order valence-electron chi connectivity index (χ3n) is 3.16. The van der Waals surface area contributed by atoms with Crippen LogP contribution in [0.25, 0.3) is 0 Å². The molecule has 1 amide bonds. The predicted molar refractivity (Wildman–Crippen MR) is 79.3 cm³/mol. The van der Waals surface area contributed by atoms with Crippen molar-refractivity contribution < 1.29 is 9.90 Å². The van der Waals surface area contributed by atoms with E-state index < -0.39 is 0 Å². The van der Waals surface area contributed by atoms with Crippen molar-refractivity contribution in [1.82, 2.24) is 4.90 Å². The Balaban J connectivity index is 2.76. The highest BCUT2D eigenvalue weighted by atomic mass is 32.1. The van der Waals surface area contributed by atoms with Crippen LogP contribution in [-0.4, -0.2) is 35.6 Å². The monoisotopic (exact) mass is 279 g/mol. The maximum Gasteiger partial charge on any atom is 0.263 e. The van der Waals surface area contributed by atoms with Gasteiger partial charge in [0.05, 0.1) is 16.4 Å². The molecule has 4 heteroatoms. The van der Waals surface area contributed by atoms with Crippen LogP contribution in [-0.2, 0) is 0 Å². The van der Waals surface area contributed by atoms with Crippen LogP contribution < -0.4 is 0 Å². The molecule has 1 rings (SSSR count). The summed E-state index contributed by atoms with van der Waals surface area (Å²) in [7, 11) is 1.84. The Hall–Kier alpha value is -1.31. The van der Waals surface area contributed by atoms with Crippen LogP contribution in [0.2, 0.25) is 0 Å². The standard InChI is InChI=1S/C15H21NO2S/c1-11(2)12(3)16(4)15(18)14-9-8-13(19-14)7-5-6-10-17/h8-9,11-12,17H,6,10H2,1-4H3. The second kappa shape index (κ2) is 7.32. The van der Waals surface area contributed by atoms with Gasteiger partial charge in [-0.3, -0.25) is 4.79 Å². The summed E-state index contributed by atoms with van der Waals surface area (Å²) < 4.78 is 0. The zero-order valence-electron chi connectivity index (χ0n) is 11.9. The summed E-state index contributed by atoms with van der Waals surface area (Å²) in [5, 5.41) is 8.66. The Morgan fingerprint density at radius 1 is 1.42 bits per heavy atom. The average molecular weight is 279 g/mol. The number of nitrogens with zero attached hydrogens (tertiary/aromatic N) is 1. The van der Waals surface area contributed by atoms with E-state index in [-0.39, 0.29) is 18.6 Å². The molecule has 0 saturated carbocycles. The normalized spacial score (nSPS) is 11.9. The number of carbonyl (C=O) groups is 1. The summed E-state index contributed by atoms with van der Waals surface area (Å²) >= 11 is 1.40. The van der Waals surface area contributed by atoms with Crippen molar-refractivity contribution in [3.8, 4) is 11.8 Å². The molecule has 0 radical (unpaired) electrons. The van der Waals surface area contributed by atoms with Gasteiger partial charge in [-0.1, -0.05) is 25.7 Å². The minimum Gasteiger partial charge on any atom is -0.395 e. The lowest BCUT2D eigenvalue weighted by Gasteiger charge is -2.27. The van der Waals surface area contributed by atoms with E-state index in [1.165, 1.54) is 11.3 Å². The zero-order chi connectivity index (χ0) is 14.4. The van der Waals surface area contributed by atoms with Crippen molar-refractivity contribution in [2.24, 2.45) is 5.92 Å². The van der Waals surface area contributed by atoms with Crippen LogP contribution in [0.3, 0.4) is 0 Å². The number of hydrogen-bond acceptors (Lipinski definition) is 3. The third kappa shape index (κ3) is 4.38. The highest BCUT2D eigenvalue weighted by Gasteiger charge is 2.20. The molecule has 1 N–H and O–H groups in total. The third-order valence-corrected chi connectivity index (χ3v) is 4.15. The van der Waals surface area contributed by atoms with E-state index in [4.69, 9.17) is 5.11 Å². The number of amides is 1. The molecule has 0 aromatic carbocycles. The number of hydrogen-bond donors (Lipinski definition) is 1. The van der Waals surface area contributed by atoms with E-state index in [0.717, 1.165) is 4.88 Å². The lowest BCUT2D eigenvalue weighted by Crippen LogP contribution is -2.37. The first-order chi connectivity index (χ1) is 8.97. The average Bonchev–Trinajstić information content (AvgIpc) is 2.85. The molecule has 0 saturated heterocycles. The van der Waals surface area contributed by atoms with Gasteiger partial charge in [0, 0.05) is 19.5 Å². The van der Waals surface area contributed by atoms with E-state index in [2.05, 4.69) is 32.6 Å². The molecule has 0 aliphatic heterocycles. The summed E-state index contributed by atoms with van der Waals surface area (Å²) in [6.45, 7) is 6.33. The van der Waals surface area contributed by atoms with Gasteiger partial charge in [-0.05, 0) is 25.0 Å². The summed E-state index contributed by atoms with van der Waals surface area (Å²) in [6.07, 6.45) is 0.464. The Labute approximate surface area is 119 Å². The molecular formula is C15H21NO2S. The zero-order valence-corrected chi connectivity index (χ0v) is 12.8. The molecule has 1 aromatic rings. The molecule has 1 heterocycles. The van der Waals surface area contributed by atoms with Gasteiger partial charge in [0.1, 0.15) is 0 Å². The minimum absolute atomic E-state index is 0.0430. The van der Waals surface area contributed by atoms with Gasteiger partial charge in [0.25, 0.3) is 5.91 Å². The number of aliphatic hydroxyl groups is 1. The Morgan fingerprint density at radius 3 is 2.68 bits per heavy atom. The number of rotatable bonds is 4. The molecule has 1 unspecified atom stereocenters. The molecule has 0 aliphatic carbocycles. The van der Waals surface area contributed by atoms with E-state index in [0.29, 0.717) is 17.2 Å². The molecule has 19 heavy (non-hydrogen) atoms. The highest BCUT2D eigenvalue weighted by Crippen LogP contribution is 2.19. The van der Waals surface area contributed by atoms with Crippen LogP contribution >= 0.6 is 11.3 Å². The molecule has 0 fully saturated rings. The van der Waals surface area contributed by atoms with Crippen molar-refractivity contribution in [3.63, 3.8) is 0 Å². The fraction of sp³-hybridized carbons (Fsp3) is 0.533. The van der Waals surface area contributed by atoms with Gasteiger partial charge in [-0.2, -0.15) is 0 Å². The van der Waals surface area contributed by atoms with Crippen molar-refractivity contribution in [1.29, 1.82) is 0 Å². The lowest BCUT2D eigenvalue weighted by molar-refractivity contribution is 0.0712. The lowest BCUT2D eigenvalue weighted by atomic mass is 10.1. The highest BCUT2D eigenvalue weighted by molar-refractivity contribution is 7.14. The van der Waals surface area contributed by atoms with Crippen LogP contribution in [0.5, 0.6) is 0 Å². The second-order valence-electron chi connectivity index (χ2n) is 4.84. The molecule has 1 atom stereocenters. The fourth-order valence-electron chi connectivity index (χ4n) is 1.53. The summed E-state index contributed by atoms with van der Waals surface area (Å²) in [6, 6.07) is 3.88. The quantitative estimate of drug-likeness (QED) is 0.861. The predicted octanol–water partition coefficient (Wildman–Crippen LogP) is 2.60. The van der Waals surface area contributed by atoms with Gasteiger partial charge in [-0.15, -0.1) is 11.3 Å². The Morgan fingerprint density at radius 2 is 2.11 bits per heavy atom. The fourth-order valence-corrected chi connectivity index (χ4v) is 2.40. The van der Waals surface area contributed by atoms with Crippen molar-refractivity contribution in [3.05, 3.63) is 21.9 Å². The van der Waals surface area contributed by atoms with E-state index in [1.807, 2.05) is 19.2 Å². The smallest absolute Gasteiger partial charge is 0.263 e. The maximum absolute atomic E-state index is 12.3. The molecule has 0 bridgehead atoms. The van der Waals surface area contributed by atoms with Gasteiger partial charge in [-0.25, -0.2) is 0 Å². The summed E-state index contributed by atoms with van der Waals surface area (Å²) in [4.78, 5) is 15.6. The van der Waals surface area contributed by atoms with Gasteiger partial charge in [0.2, 0.25) is 0 Å². The van der Waals surface area contributed by atoms with Crippen LogP contribution in [0.1, 0.15) is 41.7 Å². The molecular weight excluding hydrogens is 258 g/mol. The molecule has 0 spiro atoms. The molecule has 1 aromatic heterocycles. The van der Waals surface area contributed by atoms with E-state index in [1.54, 1.807) is 4.90 Å². The largest absolute Gasteiger partial charge is 0.395 e. The van der Waals surface area contributed by atoms with Crippen molar-refractivity contribution in [2.45, 2.75) is 33.2 Å². The van der Waals surface area contributed by atoms with Crippen molar-refractivity contribution >= 4 is 17.2 Å². The minimum atomic E-state index is 0.0430. The van der Waals surface area contributed by atoms with Crippen LogP contribution in [0.15, 0.2) is 12.1 Å². The molecule has 3 nitrogen and oxygen atoms in total. The first kappa shape index (κ1) is 15.7. The Kier molecular flexibility index (Phi) is 6.07. The van der Waals surface area contributed by atoms with Gasteiger partial charge in [0.15, 0.2) is 0 Å². The summed E-state index contributed by atoms with van der Waals surface area (Å²) in [5.74, 6) is 6.28. The number of carbonyl (C=O) groups excluding carboxylic acids is 1. The number of aliphatic hydroxyl groups excluding tert-OH is 1. The Bertz CT molecular complexity index is 482. The van der Waals surface area contributed by atoms with Crippen molar-refractivity contribution in [2.75, 3.05) is 13.7 Å². The first-order valence-electron chi connectivity index (χ1n) is 6.44. The van der Waals surface area contributed by atoms with Gasteiger partial charge < -0.3 is 10.0 Å². The van der Waals surface area contributed by atoms with Crippen LogP contribution in [0, 0.1) is 17.8 Å². The number of thiophene rings is 1. The second-order valence-corrected chi connectivity index (χ2v) is 5.92. The topological polar surface area (TPSA) is 40.5 Å². The summed E-state index contributed by atoms with van der Waals surface area (Å²) in [5.41, 5.74) is 0. The van der Waals surface area contributed by atoms with Gasteiger partial charge >= 0.3 is 0 Å². The molecule has 104 valence electrons. The SMILES string of the molecule is CC(C)C(C)N(C)C(=O)c1ccc(C#CCCO)s1. The van der Waals surface area contributed by atoms with E-state index in [9.17, 15) is 4.79 Å². The van der Waals surface area contributed by atoms with Crippen LogP contribution in [0.4, 0.5) is 0 Å².